The van der Waals surface area contributed by atoms with E-state index in [0.29, 0.717) is 12.5 Å². The van der Waals surface area contributed by atoms with Gasteiger partial charge in [-0.15, -0.1) is 6.58 Å². The summed E-state index contributed by atoms with van der Waals surface area (Å²) in [6, 6.07) is 9.39. The van der Waals surface area contributed by atoms with E-state index in [-0.39, 0.29) is 18.4 Å². The SMILES string of the molecule is C=C[C@H]1CN(C(=O)c2ccccc2)CCC1CCO. The first-order valence-electron chi connectivity index (χ1n) is 6.84. The van der Waals surface area contributed by atoms with Crippen LogP contribution in [0.1, 0.15) is 23.2 Å². The van der Waals surface area contributed by atoms with Crippen LogP contribution < -0.4 is 0 Å². The molecule has 0 aromatic heterocycles. The predicted molar refractivity (Wildman–Crippen MR) is 75.8 cm³/mol. The fraction of sp³-hybridized carbons (Fsp3) is 0.438. The lowest BCUT2D eigenvalue weighted by Crippen LogP contribution is -2.43. The zero-order valence-electron chi connectivity index (χ0n) is 11.2. The highest BCUT2D eigenvalue weighted by atomic mass is 16.3. The maximum absolute atomic E-state index is 12.4. The van der Waals surface area contributed by atoms with Crippen molar-refractivity contribution in [2.75, 3.05) is 19.7 Å². The van der Waals surface area contributed by atoms with Gasteiger partial charge in [0.05, 0.1) is 0 Å². The second-order valence-corrected chi connectivity index (χ2v) is 5.08. The minimum atomic E-state index is 0.0925. The Kier molecular flexibility index (Phi) is 4.74. The first kappa shape index (κ1) is 13.8. The van der Waals surface area contributed by atoms with Crippen molar-refractivity contribution in [3.05, 3.63) is 48.6 Å². The molecule has 3 heteroatoms. The van der Waals surface area contributed by atoms with Gasteiger partial charge in [0.2, 0.25) is 0 Å². The average molecular weight is 259 g/mol. The number of benzene rings is 1. The van der Waals surface area contributed by atoms with E-state index < -0.39 is 0 Å². The van der Waals surface area contributed by atoms with Crippen molar-refractivity contribution in [1.29, 1.82) is 0 Å². The van der Waals surface area contributed by atoms with E-state index in [0.717, 1.165) is 24.9 Å². The molecule has 1 N–H and O–H groups in total. The van der Waals surface area contributed by atoms with Gasteiger partial charge in [0.15, 0.2) is 0 Å². The highest BCUT2D eigenvalue weighted by Gasteiger charge is 2.29. The number of amides is 1. The number of carbonyl (C=O) groups is 1. The zero-order valence-corrected chi connectivity index (χ0v) is 11.2. The summed E-state index contributed by atoms with van der Waals surface area (Å²) in [5.74, 6) is 0.825. The average Bonchev–Trinajstić information content (AvgIpc) is 2.48. The fourth-order valence-corrected chi connectivity index (χ4v) is 2.77. The Balaban J connectivity index is 2.04. The third-order valence-electron chi connectivity index (χ3n) is 3.92. The molecule has 1 aromatic rings. The third kappa shape index (κ3) is 3.24. The molecule has 19 heavy (non-hydrogen) atoms. The quantitative estimate of drug-likeness (QED) is 0.843. The van der Waals surface area contributed by atoms with E-state index in [1.165, 1.54) is 0 Å². The maximum atomic E-state index is 12.4. The summed E-state index contributed by atoms with van der Waals surface area (Å²) in [6.07, 6.45) is 3.66. The van der Waals surface area contributed by atoms with Gasteiger partial charge in [0.25, 0.3) is 5.91 Å². The predicted octanol–water partition coefficient (Wildman–Crippen LogP) is 2.33. The van der Waals surface area contributed by atoms with Gasteiger partial charge in [-0.05, 0) is 36.8 Å². The van der Waals surface area contributed by atoms with Gasteiger partial charge in [-0.1, -0.05) is 24.3 Å². The van der Waals surface area contributed by atoms with Crippen LogP contribution in [0.4, 0.5) is 0 Å². The van der Waals surface area contributed by atoms with Gasteiger partial charge >= 0.3 is 0 Å². The van der Waals surface area contributed by atoms with Crippen molar-refractivity contribution < 1.29 is 9.90 Å². The number of rotatable bonds is 4. The van der Waals surface area contributed by atoms with Crippen molar-refractivity contribution in [2.45, 2.75) is 12.8 Å². The largest absolute Gasteiger partial charge is 0.396 e. The molecule has 1 aliphatic rings. The first-order chi connectivity index (χ1) is 9.26. The third-order valence-corrected chi connectivity index (χ3v) is 3.92. The Morgan fingerprint density at radius 3 is 2.79 bits per heavy atom. The van der Waals surface area contributed by atoms with Gasteiger partial charge in [-0.3, -0.25) is 4.79 Å². The molecular weight excluding hydrogens is 238 g/mol. The molecule has 2 rings (SSSR count). The van der Waals surface area contributed by atoms with Crippen molar-refractivity contribution in [3.8, 4) is 0 Å². The topological polar surface area (TPSA) is 40.5 Å². The molecule has 1 unspecified atom stereocenters. The van der Waals surface area contributed by atoms with Crippen LogP contribution >= 0.6 is 0 Å². The molecule has 1 fully saturated rings. The number of piperidine rings is 1. The van der Waals surface area contributed by atoms with Gasteiger partial charge < -0.3 is 10.0 Å². The highest BCUT2D eigenvalue weighted by Crippen LogP contribution is 2.27. The van der Waals surface area contributed by atoms with Gasteiger partial charge in [-0.2, -0.15) is 0 Å². The summed E-state index contributed by atoms with van der Waals surface area (Å²) in [6.45, 7) is 5.55. The molecule has 0 spiro atoms. The molecule has 0 radical (unpaired) electrons. The maximum Gasteiger partial charge on any atom is 0.253 e. The molecule has 0 saturated carbocycles. The number of carbonyl (C=O) groups excluding carboxylic acids is 1. The Morgan fingerprint density at radius 1 is 1.42 bits per heavy atom. The minimum Gasteiger partial charge on any atom is -0.396 e. The molecule has 0 bridgehead atoms. The standard InChI is InChI=1S/C16H21NO2/c1-2-13-12-17(10-8-14(13)9-11-18)16(19)15-6-4-3-5-7-15/h2-7,13-14,18H,1,8-12H2/t13-,14?/m0/s1. The number of aliphatic hydroxyl groups is 1. The lowest BCUT2D eigenvalue weighted by molar-refractivity contribution is 0.0616. The molecule has 2 atom stereocenters. The summed E-state index contributed by atoms with van der Waals surface area (Å²) in [7, 11) is 0. The smallest absolute Gasteiger partial charge is 0.253 e. The molecule has 1 saturated heterocycles. The number of hydrogen-bond donors (Lipinski definition) is 1. The monoisotopic (exact) mass is 259 g/mol. The van der Waals surface area contributed by atoms with Crippen LogP contribution in [0.5, 0.6) is 0 Å². The summed E-state index contributed by atoms with van der Waals surface area (Å²) in [4.78, 5) is 14.3. The summed E-state index contributed by atoms with van der Waals surface area (Å²) in [5, 5.41) is 9.07. The van der Waals surface area contributed by atoms with Gasteiger partial charge in [0, 0.05) is 25.3 Å². The molecule has 1 aromatic carbocycles. The van der Waals surface area contributed by atoms with E-state index in [4.69, 9.17) is 5.11 Å². The van der Waals surface area contributed by atoms with E-state index >= 15 is 0 Å². The molecule has 102 valence electrons. The minimum absolute atomic E-state index is 0.0925. The zero-order chi connectivity index (χ0) is 13.7. The second kappa shape index (κ2) is 6.53. The Bertz CT molecular complexity index is 430. The normalized spacial score (nSPS) is 23.1. The number of likely N-dealkylation sites (tertiary alicyclic amines) is 1. The molecule has 1 heterocycles. The Labute approximate surface area is 114 Å². The van der Waals surface area contributed by atoms with Crippen molar-refractivity contribution >= 4 is 5.91 Å². The molecule has 3 nitrogen and oxygen atoms in total. The van der Waals surface area contributed by atoms with Crippen molar-refractivity contribution in [3.63, 3.8) is 0 Å². The van der Waals surface area contributed by atoms with Crippen molar-refractivity contribution in [2.24, 2.45) is 11.8 Å². The fourth-order valence-electron chi connectivity index (χ4n) is 2.77. The first-order valence-corrected chi connectivity index (χ1v) is 6.84. The van der Waals surface area contributed by atoms with E-state index in [2.05, 4.69) is 6.58 Å². The molecule has 1 aliphatic heterocycles. The summed E-state index contributed by atoms with van der Waals surface area (Å²) < 4.78 is 0. The van der Waals surface area contributed by atoms with Crippen LogP contribution in [0.2, 0.25) is 0 Å². The van der Waals surface area contributed by atoms with Crippen LogP contribution in [0.3, 0.4) is 0 Å². The van der Waals surface area contributed by atoms with Gasteiger partial charge in [-0.25, -0.2) is 0 Å². The highest BCUT2D eigenvalue weighted by molar-refractivity contribution is 5.94. The van der Waals surface area contributed by atoms with Gasteiger partial charge in [0.1, 0.15) is 0 Å². The number of nitrogens with zero attached hydrogens (tertiary/aromatic N) is 1. The van der Waals surface area contributed by atoms with Crippen molar-refractivity contribution in [1.82, 2.24) is 4.90 Å². The van der Waals surface area contributed by atoms with Crippen LogP contribution in [0.25, 0.3) is 0 Å². The summed E-state index contributed by atoms with van der Waals surface area (Å²) >= 11 is 0. The Hall–Kier alpha value is -1.61. The molecule has 1 amide bonds. The Morgan fingerprint density at radius 2 is 2.16 bits per heavy atom. The van der Waals surface area contributed by atoms with E-state index in [1.807, 2.05) is 41.3 Å². The van der Waals surface area contributed by atoms with E-state index in [1.54, 1.807) is 0 Å². The van der Waals surface area contributed by atoms with Crippen LogP contribution in [0, 0.1) is 11.8 Å². The number of hydrogen-bond acceptors (Lipinski definition) is 2. The molecular formula is C16H21NO2. The van der Waals surface area contributed by atoms with Crippen LogP contribution in [-0.2, 0) is 0 Å². The molecule has 0 aliphatic carbocycles. The lowest BCUT2D eigenvalue weighted by Gasteiger charge is -2.37. The lowest BCUT2D eigenvalue weighted by atomic mass is 9.83. The second-order valence-electron chi connectivity index (χ2n) is 5.08. The summed E-state index contributed by atoms with van der Waals surface area (Å²) in [5.41, 5.74) is 0.742. The van der Waals surface area contributed by atoms with Crippen LogP contribution in [0.15, 0.2) is 43.0 Å². The van der Waals surface area contributed by atoms with E-state index in [9.17, 15) is 4.79 Å². The van der Waals surface area contributed by atoms with Crippen LogP contribution in [-0.4, -0.2) is 35.6 Å². The number of aliphatic hydroxyl groups excluding tert-OH is 1.